The third-order valence-electron chi connectivity index (χ3n) is 7.48. The van der Waals surface area contributed by atoms with Crippen molar-refractivity contribution in [1.82, 2.24) is 24.6 Å². The number of phenolic OH excluding ortho intramolecular Hbond substituents is 1. The van der Waals surface area contributed by atoms with Crippen molar-refractivity contribution in [2.75, 3.05) is 43.1 Å². The molecule has 1 fully saturated rings. The highest BCUT2D eigenvalue weighted by atomic mass is 35.5. The van der Waals surface area contributed by atoms with Crippen LogP contribution in [0.4, 0.5) is 26.9 Å². The third kappa shape index (κ3) is 7.64. The van der Waals surface area contributed by atoms with Gasteiger partial charge in [-0.25, -0.2) is 19.3 Å². The van der Waals surface area contributed by atoms with E-state index in [1.165, 1.54) is 6.20 Å². The predicted molar refractivity (Wildman–Crippen MR) is 180 cm³/mol. The fraction of sp³-hybridized carbons (Fsp3) is 0.312. The van der Waals surface area contributed by atoms with E-state index < -0.39 is 6.03 Å². The van der Waals surface area contributed by atoms with Gasteiger partial charge in [-0.05, 0) is 63.0 Å². The van der Waals surface area contributed by atoms with Crippen molar-refractivity contribution in [3.05, 3.63) is 76.5 Å². The molecule has 1 aliphatic rings. The number of likely N-dealkylation sites (tertiary alicyclic amines) is 1. The van der Waals surface area contributed by atoms with Crippen LogP contribution in [0.1, 0.15) is 32.9 Å². The van der Waals surface area contributed by atoms with Crippen molar-refractivity contribution in [2.45, 2.75) is 38.6 Å². The minimum Gasteiger partial charge on any atom is -0.508 e. The van der Waals surface area contributed by atoms with Gasteiger partial charge in [0.2, 0.25) is 0 Å². The zero-order valence-electron chi connectivity index (χ0n) is 26.1. The molecule has 0 bridgehead atoms. The number of pyridine rings is 1. The quantitative estimate of drug-likeness (QED) is 0.164. The number of benzene rings is 2. The molecule has 2 aromatic heterocycles. The number of hydrogen-bond donors (Lipinski definition) is 4. The molecule has 0 spiro atoms. The number of phenols is 1. The van der Waals surface area contributed by atoms with Crippen molar-refractivity contribution in [3.63, 3.8) is 0 Å². The van der Waals surface area contributed by atoms with Crippen LogP contribution in [0, 0.1) is 0 Å². The summed E-state index contributed by atoms with van der Waals surface area (Å²) in [6.07, 6.45) is 2.42. The van der Waals surface area contributed by atoms with Crippen molar-refractivity contribution in [2.24, 2.45) is 0 Å². The molecule has 0 radical (unpaired) electrons. The number of likely N-dealkylation sites (N-methyl/N-ethyl adjacent to an activating group) is 1. The first-order valence-corrected chi connectivity index (χ1v) is 15.4. The van der Waals surface area contributed by atoms with Crippen molar-refractivity contribution < 1.29 is 19.4 Å². The van der Waals surface area contributed by atoms with E-state index in [9.17, 15) is 14.7 Å². The molecule has 3 heterocycles. The van der Waals surface area contributed by atoms with Crippen molar-refractivity contribution >= 4 is 52.6 Å². The predicted octanol–water partition coefficient (Wildman–Crippen LogP) is 7.18. The van der Waals surface area contributed by atoms with E-state index in [1.54, 1.807) is 64.2 Å². The molecule has 1 atom stereocenters. The molecular formula is C32H36Cl2N8O4. The van der Waals surface area contributed by atoms with Gasteiger partial charge in [0.15, 0.2) is 0 Å². The van der Waals surface area contributed by atoms with E-state index in [4.69, 9.17) is 27.9 Å². The number of nitrogens with one attached hydrogen (secondary N) is 3. The van der Waals surface area contributed by atoms with Crippen LogP contribution in [0.3, 0.4) is 0 Å². The van der Waals surface area contributed by atoms with Crippen LogP contribution >= 0.6 is 23.2 Å². The number of rotatable bonds is 7. The van der Waals surface area contributed by atoms with Crippen LogP contribution in [-0.4, -0.2) is 75.0 Å². The number of aromatic nitrogens is 3. The summed E-state index contributed by atoms with van der Waals surface area (Å²) < 4.78 is 7.55. The second kappa shape index (κ2) is 13.5. The Balaban J connectivity index is 1.26. The molecule has 5 rings (SSSR count). The van der Waals surface area contributed by atoms with Gasteiger partial charge in [-0.15, -0.1) is 0 Å². The number of urea groups is 2. The van der Waals surface area contributed by atoms with Gasteiger partial charge in [0, 0.05) is 42.9 Å². The minimum atomic E-state index is -0.573. The first kappa shape index (κ1) is 32.9. The average Bonchev–Trinajstić information content (AvgIpc) is 3.66. The molecule has 14 heteroatoms. The van der Waals surface area contributed by atoms with Crippen molar-refractivity contribution in [3.8, 4) is 22.9 Å². The van der Waals surface area contributed by atoms with Gasteiger partial charge in [-0.1, -0.05) is 44.0 Å². The number of carbonyl (C=O) groups is 2. The molecule has 1 unspecified atom stereocenters. The van der Waals surface area contributed by atoms with Gasteiger partial charge in [0.05, 0.1) is 22.1 Å². The molecule has 4 N–H and O–H groups in total. The molecule has 1 aliphatic heterocycles. The summed E-state index contributed by atoms with van der Waals surface area (Å²) in [5.41, 5.74) is 1.38. The topological polar surface area (TPSA) is 137 Å². The van der Waals surface area contributed by atoms with Gasteiger partial charge in [0.1, 0.15) is 33.9 Å². The van der Waals surface area contributed by atoms with Gasteiger partial charge < -0.3 is 25.0 Å². The van der Waals surface area contributed by atoms with Crippen LogP contribution in [-0.2, 0) is 5.41 Å². The second-order valence-corrected chi connectivity index (χ2v) is 12.9. The Morgan fingerprint density at radius 3 is 2.41 bits per heavy atom. The number of ether oxygens (including phenoxy) is 1. The molecule has 46 heavy (non-hydrogen) atoms. The molecule has 2 aromatic carbocycles. The Morgan fingerprint density at radius 2 is 1.74 bits per heavy atom. The summed E-state index contributed by atoms with van der Waals surface area (Å²) in [7, 11) is 4.01. The first-order chi connectivity index (χ1) is 21.8. The van der Waals surface area contributed by atoms with Gasteiger partial charge in [0.25, 0.3) is 0 Å². The highest BCUT2D eigenvalue weighted by Gasteiger charge is 2.28. The van der Waals surface area contributed by atoms with Crippen LogP contribution < -0.4 is 20.7 Å². The van der Waals surface area contributed by atoms with Crippen LogP contribution in [0.5, 0.6) is 17.2 Å². The molecule has 12 nitrogen and oxygen atoms in total. The SMILES string of the molecule is CN(C)C1CCN(C(=O)Nc2cc(Oc3ccc(NC(=O)Nc4cc(C(C)(C)C)nn4-c4ccc(O)cc4)c(Cl)c3Cl)ccn2)C1. The fourth-order valence-electron chi connectivity index (χ4n) is 4.81. The van der Waals surface area contributed by atoms with Crippen molar-refractivity contribution in [1.29, 1.82) is 0 Å². The number of carbonyl (C=O) groups excluding carboxylic acids is 2. The fourth-order valence-corrected chi connectivity index (χ4v) is 5.22. The van der Waals surface area contributed by atoms with Gasteiger partial charge >= 0.3 is 12.1 Å². The monoisotopic (exact) mass is 666 g/mol. The van der Waals surface area contributed by atoms with E-state index in [0.717, 1.165) is 12.1 Å². The largest absolute Gasteiger partial charge is 0.508 e. The molecule has 242 valence electrons. The number of halogens is 2. The zero-order chi connectivity index (χ0) is 33.2. The van der Waals surface area contributed by atoms with Gasteiger partial charge in [-0.3, -0.25) is 10.6 Å². The summed E-state index contributed by atoms with van der Waals surface area (Å²) in [6.45, 7) is 7.36. The van der Waals surface area contributed by atoms with Crippen LogP contribution in [0.2, 0.25) is 10.0 Å². The van der Waals surface area contributed by atoms with Crippen LogP contribution in [0.25, 0.3) is 5.69 Å². The summed E-state index contributed by atoms with van der Waals surface area (Å²) >= 11 is 13.1. The lowest BCUT2D eigenvalue weighted by Crippen LogP contribution is -2.36. The van der Waals surface area contributed by atoms with E-state index >= 15 is 0 Å². The third-order valence-corrected chi connectivity index (χ3v) is 8.35. The minimum absolute atomic E-state index is 0.0730. The second-order valence-electron chi connectivity index (χ2n) is 12.2. The Kier molecular flexibility index (Phi) is 9.61. The van der Waals surface area contributed by atoms with E-state index in [1.807, 2.05) is 34.9 Å². The normalized spacial score (nSPS) is 14.8. The number of anilines is 3. The zero-order valence-corrected chi connectivity index (χ0v) is 27.6. The first-order valence-electron chi connectivity index (χ1n) is 14.6. The number of aromatic hydroxyl groups is 1. The van der Waals surface area contributed by atoms with Gasteiger partial charge in [-0.2, -0.15) is 5.10 Å². The number of amides is 4. The maximum absolute atomic E-state index is 13.1. The maximum atomic E-state index is 13.1. The molecule has 0 saturated carbocycles. The smallest absolute Gasteiger partial charge is 0.324 e. The highest BCUT2D eigenvalue weighted by Crippen LogP contribution is 2.40. The number of hydrogen-bond acceptors (Lipinski definition) is 7. The molecule has 1 saturated heterocycles. The standard InChI is InChI=1S/C32H36Cl2N8O4/c1-32(2,3)25-17-27(42(39-25)19-6-8-21(43)9-7-19)38-30(44)36-23-10-11-24(29(34)28(23)33)46-22-12-14-35-26(16-22)37-31(45)41-15-13-20(18-41)40(4)5/h6-12,14,16-17,20,43H,13,15,18H2,1-5H3,(H,35,37,45)(H2,36,38,44). The summed E-state index contributed by atoms with van der Waals surface area (Å²) in [6, 6.07) is 14.1. The van der Waals surface area contributed by atoms with E-state index in [0.29, 0.717) is 42.2 Å². The van der Waals surface area contributed by atoms with E-state index in [-0.39, 0.29) is 38.7 Å². The Morgan fingerprint density at radius 1 is 1.00 bits per heavy atom. The summed E-state index contributed by atoms with van der Waals surface area (Å²) in [4.78, 5) is 34.0. The molecule has 4 aromatic rings. The molecule has 0 aliphatic carbocycles. The highest BCUT2D eigenvalue weighted by molar-refractivity contribution is 6.45. The summed E-state index contributed by atoms with van der Waals surface area (Å²) in [5.74, 6) is 1.48. The molecular weight excluding hydrogens is 631 g/mol. The Bertz CT molecular complexity index is 1740. The lowest BCUT2D eigenvalue weighted by Gasteiger charge is -2.20. The molecule has 4 amide bonds. The Hall–Kier alpha value is -4.52. The number of nitrogens with zero attached hydrogens (tertiary/aromatic N) is 5. The Labute approximate surface area is 277 Å². The average molecular weight is 668 g/mol. The lowest BCUT2D eigenvalue weighted by molar-refractivity contribution is 0.216. The summed E-state index contributed by atoms with van der Waals surface area (Å²) in [5, 5.41) is 22.9. The van der Waals surface area contributed by atoms with E-state index in [2.05, 4.69) is 30.9 Å². The van der Waals surface area contributed by atoms with Crippen LogP contribution in [0.15, 0.2) is 60.8 Å². The lowest BCUT2D eigenvalue weighted by atomic mass is 9.92. The maximum Gasteiger partial charge on any atom is 0.324 e.